The molecular formula is C25H24BrO4S+. The molecule has 0 radical (unpaired) electrons. The average molecular weight is 500 g/mol. The van der Waals surface area contributed by atoms with Gasteiger partial charge in [0.15, 0.2) is 14.3 Å². The van der Waals surface area contributed by atoms with E-state index in [1.165, 1.54) is 25.1 Å². The van der Waals surface area contributed by atoms with Gasteiger partial charge >= 0.3 is 5.97 Å². The highest BCUT2D eigenvalue weighted by atomic mass is 79.9. The van der Waals surface area contributed by atoms with Gasteiger partial charge in [-0.1, -0.05) is 40.2 Å². The second-order valence-corrected chi connectivity index (χ2v) is 10.4. The molecule has 4 nitrogen and oxygen atoms in total. The number of hydrogen-bond donors (Lipinski definition) is 0. The summed E-state index contributed by atoms with van der Waals surface area (Å²) >= 11 is 3.17. The minimum Gasteiger partial charge on any atom is -0.491 e. The van der Waals surface area contributed by atoms with E-state index in [1.54, 1.807) is 6.92 Å². The predicted molar refractivity (Wildman–Crippen MR) is 131 cm³/mol. The molecule has 0 aliphatic heterocycles. The Morgan fingerprint density at radius 3 is 2.03 bits per heavy atom. The molecule has 0 saturated heterocycles. The fourth-order valence-corrected chi connectivity index (χ4v) is 5.93. The minimum absolute atomic E-state index is 0.0924. The van der Waals surface area contributed by atoms with Crippen molar-refractivity contribution in [1.29, 1.82) is 0 Å². The molecule has 1 aromatic heterocycles. The van der Waals surface area contributed by atoms with E-state index in [0.29, 0.717) is 19.8 Å². The number of benzene rings is 3. The molecule has 0 N–H and O–H groups in total. The zero-order valence-electron chi connectivity index (χ0n) is 17.3. The lowest BCUT2D eigenvalue weighted by Gasteiger charge is -2.08. The van der Waals surface area contributed by atoms with Crippen molar-refractivity contribution in [3.05, 3.63) is 72.8 Å². The monoisotopic (exact) mass is 499 g/mol. The summed E-state index contributed by atoms with van der Waals surface area (Å²) in [5.74, 6) is 0.532. The van der Waals surface area contributed by atoms with E-state index in [0.717, 1.165) is 5.75 Å². The van der Waals surface area contributed by atoms with Gasteiger partial charge < -0.3 is 14.2 Å². The van der Waals surface area contributed by atoms with Crippen LogP contribution in [0.2, 0.25) is 0 Å². The van der Waals surface area contributed by atoms with Crippen LogP contribution >= 0.6 is 26.4 Å². The molecule has 0 bridgehead atoms. The number of halogens is 1. The molecule has 4 aromatic rings. The summed E-state index contributed by atoms with van der Waals surface area (Å²) in [5.41, 5.74) is 0. The van der Waals surface area contributed by atoms with Gasteiger partial charge in [0.25, 0.3) is 0 Å². The number of carbonyl (C=O) groups excluding carboxylic acids is 1. The van der Waals surface area contributed by atoms with E-state index < -0.39 is 0 Å². The van der Waals surface area contributed by atoms with Crippen LogP contribution in [0.4, 0.5) is 0 Å². The first-order chi connectivity index (χ1) is 15.1. The largest absolute Gasteiger partial charge is 0.491 e. The molecule has 3 aromatic carbocycles. The van der Waals surface area contributed by atoms with E-state index in [4.69, 9.17) is 14.2 Å². The Morgan fingerprint density at radius 2 is 1.42 bits per heavy atom. The van der Waals surface area contributed by atoms with E-state index in [1.807, 2.05) is 12.1 Å². The van der Waals surface area contributed by atoms with Crippen molar-refractivity contribution >= 4 is 52.5 Å². The van der Waals surface area contributed by atoms with E-state index in [-0.39, 0.29) is 27.9 Å². The van der Waals surface area contributed by atoms with Crippen molar-refractivity contribution in [2.24, 2.45) is 0 Å². The number of fused-ring (bicyclic) bond motifs is 3. The maximum atomic E-state index is 11.3. The fourth-order valence-electron chi connectivity index (χ4n) is 3.42. The van der Waals surface area contributed by atoms with Crippen LogP contribution in [-0.2, 0) is 14.3 Å². The second kappa shape index (κ2) is 10.3. The van der Waals surface area contributed by atoms with Gasteiger partial charge in [-0.15, -0.1) is 0 Å². The number of thiophene rings is 1. The van der Waals surface area contributed by atoms with Gasteiger partial charge in [-0.2, -0.15) is 0 Å². The minimum atomic E-state index is -0.300. The quantitative estimate of drug-likeness (QED) is 0.115. The Balaban J connectivity index is 1.36. The zero-order chi connectivity index (χ0) is 21.6. The van der Waals surface area contributed by atoms with Crippen LogP contribution in [0.1, 0.15) is 6.92 Å². The van der Waals surface area contributed by atoms with Crippen molar-refractivity contribution in [1.82, 2.24) is 0 Å². The normalized spacial score (nSPS) is 12.2. The van der Waals surface area contributed by atoms with Crippen LogP contribution in [0.5, 0.6) is 5.75 Å². The highest BCUT2D eigenvalue weighted by Gasteiger charge is 2.22. The average Bonchev–Trinajstić information content (AvgIpc) is 3.13. The highest BCUT2D eigenvalue weighted by Crippen LogP contribution is 2.48. The number of rotatable bonds is 9. The van der Waals surface area contributed by atoms with E-state index in [2.05, 4.69) is 76.6 Å². The molecule has 160 valence electrons. The molecular weight excluding hydrogens is 476 g/mol. The molecule has 0 saturated carbocycles. The molecule has 0 spiro atoms. The Kier molecular flexibility index (Phi) is 7.22. The highest BCUT2D eigenvalue weighted by molar-refractivity contribution is 9.10. The smallest absolute Gasteiger partial charge is 0.319 e. The maximum absolute atomic E-state index is 11.3. The van der Waals surface area contributed by atoms with Gasteiger partial charge in [0.2, 0.25) is 0 Å². The first-order valence-corrected chi connectivity index (χ1v) is 12.3. The Morgan fingerprint density at radius 1 is 0.839 bits per heavy atom. The van der Waals surface area contributed by atoms with Crippen molar-refractivity contribution in [2.45, 2.75) is 11.8 Å². The molecule has 4 rings (SSSR count). The summed E-state index contributed by atoms with van der Waals surface area (Å²) in [5, 5.41) is 2.66. The fraction of sp³-hybridized carbons (Fsp3) is 0.240. The molecule has 1 heterocycles. The lowest BCUT2D eigenvalue weighted by atomic mass is 10.2. The summed E-state index contributed by atoms with van der Waals surface area (Å²) in [6, 6.07) is 25.7. The second-order valence-electron chi connectivity index (χ2n) is 7.01. The lowest BCUT2D eigenvalue weighted by molar-refractivity contribution is -0.144. The molecule has 31 heavy (non-hydrogen) atoms. The summed E-state index contributed by atoms with van der Waals surface area (Å²) in [6.45, 7) is 3.21. The number of ether oxygens (including phenoxy) is 3. The first-order valence-electron chi connectivity index (χ1n) is 10.2. The summed E-state index contributed by atoms with van der Waals surface area (Å²) < 4.78 is 19.0. The zero-order valence-corrected chi connectivity index (χ0v) is 19.7. The molecule has 6 heteroatoms. The number of hydrogen-bond acceptors (Lipinski definition) is 4. The van der Waals surface area contributed by atoms with E-state index >= 15 is 0 Å². The third kappa shape index (κ3) is 5.09. The summed E-state index contributed by atoms with van der Waals surface area (Å²) in [6.07, 6.45) is 0. The van der Waals surface area contributed by atoms with Crippen LogP contribution < -0.4 is 4.74 Å². The molecule has 0 aliphatic carbocycles. The third-order valence-electron chi connectivity index (χ3n) is 4.86. The Bertz CT molecular complexity index is 1110. The summed E-state index contributed by atoms with van der Waals surface area (Å²) in [4.78, 5) is 12.3. The van der Waals surface area contributed by atoms with Gasteiger partial charge in [-0.3, -0.25) is 4.79 Å². The molecule has 0 fully saturated rings. The molecule has 1 unspecified atom stereocenters. The van der Waals surface area contributed by atoms with Crippen molar-refractivity contribution in [2.75, 3.05) is 26.4 Å². The van der Waals surface area contributed by atoms with Gasteiger partial charge in [0, 0.05) is 33.4 Å². The van der Waals surface area contributed by atoms with Gasteiger partial charge in [-0.05, 0) is 43.3 Å². The summed E-state index contributed by atoms with van der Waals surface area (Å²) in [7, 11) is -0.0924. The molecule has 0 amide bonds. The van der Waals surface area contributed by atoms with E-state index in [9.17, 15) is 4.79 Å². The molecule has 0 aliphatic rings. The van der Waals surface area contributed by atoms with Crippen LogP contribution in [0.3, 0.4) is 0 Å². The van der Waals surface area contributed by atoms with Crippen LogP contribution in [0.25, 0.3) is 25.1 Å². The van der Waals surface area contributed by atoms with Crippen LogP contribution in [0, 0.1) is 0 Å². The predicted octanol–water partition coefficient (Wildman–Crippen LogP) is 6.45. The standard InChI is InChI=1S/C25H24BrO4S/c1-18(26)25(27)30-17-15-28-14-16-29-19-10-12-20(13-11-19)31-23-8-4-2-6-21(23)22-7-3-5-9-24(22)31/h2-13,18H,14-17H2,1H3/q+1. The van der Waals surface area contributed by atoms with Crippen LogP contribution in [0.15, 0.2) is 72.8 Å². The SMILES string of the molecule is CC(Br)C(=O)OCCOCCOc1ccc(-[s+]2c3ccccc3c3ccccc32)cc1. The third-order valence-corrected chi connectivity index (χ3v) is 7.57. The Hall–Kier alpha value is -2.41. The van der Waals surface area contributed by atoms with Gasteiger partial charge in [-0.25, -0.2) is 0 Å². The molecule has 1 atom stereocenters. The maximum Gasteiger partial charge on any atom is 0.319 e. The number of carbonyl (C=O) groups is 1. The number of alkyl halides is 1. The topological polar surface area (TPSA) is 44.8 Å². The van der Waals surface area contributed by atoms with Crippen molar-refractivity contribution in [3.63, 3.8) is 0 Å². The van der Waals surface area contributed by atoms with Crippen molar-refractivity contribution < 1.29 is 19.0 Å². The van der Waals surface area contributed by atoms with Gasteiger partial charge in [0.05, 0.1) is 13.2 Å². The first kappa shape index (κ1) is 21.8. The number of esters is 1. The Labute approximate surface area is 192 Å². The van der Waals surface area contributed by atoms with Crippen molar-refractivity contribution in [3.8, 4) is 10.6 Å². The lowest BCUT2D eigenvalue weighted by Crippen LogP contribution is -2.18. The van der Waals surface area contributed by atoms with Gasteiger partial charge in [0.1, 0.15) is 23.8 Å². The van der Waals surface area contributed by atoms with Crippen LogP contribution in [-0.4, -0.2) is 37.2 Å².